The zero-order valence-corrected chi connectivity index (χ0v) is 15.6. The maximum Gasteiger partial charge on any atom is 0.257 e. The van der Waals surface area contributed by atoms with Gasteiger partial charge in [-0.15, -0.1) is 11.3 Å². The fourth-order valence-electron chi connectivity index (χ4n) is 2.32. The molecule has 1 aromatic carbocycles. The lowest BCUT2D eigenvalue weighted by atomic mass is 9.87. The first-order chi connectivity index (χ1) is 11.3. The molecule has 0 saturated carbocycles. The van der Waals surface area contributed by atoms with Crippen LogP contribution >= 0.6 is 22.7 Å². The molecule has 3 aromatic rings. The Hall–Kier alpha value is -2.05. The van der Waals surface area contributed by atoms with Crippen LogP contribution in [0.25, 0.3) is 10.2 Å². The van der Waals surface area contributed by atoms with Gasteiger partial charge in [0.05, 0.1) is 5.52 Å². The first-order valence-electron chi connectivity index (χ1n) is 7.56. The number of hydrogen-bond acceptors (Lipinski definition) is 5. The van der Waals surface area contributed by atoms with Crippen molar-refractivity contribution >= 4 is 43.9 Å². The van der Waals surface area contributed by atoms with Crippen molar-refractivity contribution in [3.05, 3.63) is 55.9 Å². The topological polar surface area (TPSA) is 59.1 Å². The third-order valence-corrected chi connectivity index (χ3v) is 5.76. The number of benzene rings is 1. The Kier molecular flexibility index (Phi) is 4.27. The van der Waals surface area contributed by atoms with Gasteiger partial charge in [-0.2, -0.15) is 0 Å². The summed E-state index contributed by atoms with van der Waals surface area (Å²) in [6, 6.07) is 7.51. The molecule has 0 fully saturated rings. The first-order valence-corrected chi connectivity index (χ1v) is 9.26. The molecule has 124 valence electrons. The number of fused-ring (bicyclic) bond motifs is 1. The van der Waals surface area contributed by atoms with Gasteiger partial charge < -0.3 is 0 Å². The number of carbonyl (C=O) groups is 1. The van der Waals surface area contributed by atoms with E-state index < -0.39 is 0 Å². The average Bonchev–Trinajstić information content (AvgIpc) is 2.88. The van der Waals surface area contributed by atoms with Gasteiger partial charge in [0.25, 0.3) is 10.6 Å². The molecule has 0 saturated heterocycles. The van der Waals surface area contributed by atoms with Crippen LogP contribution in [0.4, 0.5) is 5.13 Å². The number of amides is 1. The van der Waals surface area contributed by atoms with Crippen molar-refractivity contribution in [3.8, 4) is 0 Å². The lowest BCUT2D eigenvalue weighted by Crippen LogP contribution is -2.15. The standard InChI is InChI=1S/C18H18N2O2S2/c1-10-9-23-14-13(10)19-17(24-16(14)22)20-15(21)11-5-7-12(8-6-11)18(2,3)4/h5-9H,1-4H3,(H,19,20,21). The number of aryl methyl sites for hydroxylation is 1. The summed E-state index contributed by atoms with van der Waals surface area (Å²) in [7, 11) is 0. The van der Waals surface area contributed by atoms with Crippen LogP contribution in [0.1, 0.15) is 42.3 Å². The predicted molar refractivity (Wildman–Crippen MR) is 102 cm³/mol. The maximum absolute atomic E-state index is 12.4. The third-order valence-electron chi connectivity index (χ3n) is 3.76. The number of nitrogens with one attached hydrogen (secondary N) is 1. The Bertz CT molecular complexity index is 963. The molecule has 2 heterocycles. The van der Waals surface area contributed by atoms with E-state index in [2.05, 4.69) is 31.1 Å². The molecule has 0 bridgehead atoms. The van der Waals surface area contributed by atoms with E-state index in [-0.39, 0.29) is 16.1 Å². The fraction of sp³-hybridized carbons (Fsp3) is 0.278. The zero-order valence-electron chi connectivity index (χ0n) is 14.0. The van der Waals surface area contributed by atoms with E-state index in [0.717, 1.165) is 22.5 Å². The average molecular weight is 358 g/mol. The molecule has 6 heteroatoms. The molecule has 0 spiro atoms. The second-order valence-corrected chi connectivity index (χ2v) is 8.53. The number of hydrogen-bond donors (Lipinski definition) is 1. The fourth-order valence-corrected chi connectivity index (χ4v) is 4.06. The highest BCUT2D eigenvalue weighted by Gasteiger charge is 2.15. The quantitative estimate of drug-likeness (QED) is 0.730. The Morgan fingerprint density at radius 1 is 1.17 bits per heavy atom. The van der Waals surface area contributed by atoms with Crippen LogP contribution in [0, 0.1) is 6.92 Å². The van der Waals surface area contributed by atoms with Crippen molar-refractivity contribution in [3.63, 3.8) is 0 Å². The Labute approximate surface area is 148 Å². The van der Waals surface area contributed by atoms with E-state index in [9.17, 15) is 9.59 Å². The molecule has 1 N–H and O–H groups in total. The van der Waals surface area contributed by atoms with E-state index in [0.29, 0.717) is 20.9 Å². The molecule has 0 unspecified atom stereocenters. The number of thiophene rings is 1. The number of nitrogens with zero attached hydrogens (tertiary/aromatic N) is 1. The van der Waals surface area contributed by atoms with E-state index >= 15 is 0 Å². The van der Waals surface area contributed by atoms with Crippen molar-refractivity contribution < 1.29 is 4.79 Å². The monoisotopic (exact) mass is 358 g/mol. The number of anilines is 1. The molecule has 0 atom stereocenters. The summed E-state index contributed by atoms with van der Waals surface area (Å²) >= 11 is 2.35. The minimum atomic E-state index is -0.258. The van der Waals surface area contributed by atoms with Crippen LogP contribution in [0.15, 0.2) is 34.4 Å². The lowest BCUT2D eigenvalue weighted by molar-refractivity contribution is 0.102. The minimum Gasteiger partial charge on any atom is -0.298 e. The van der Waals surface area contributed by atoms with Gasteiger partial charge in [0.1, 0.15) is 4.70 Å². The van der Waals surface area contributed by atoms with E-state index in [1.807, 2.05) is 24.4 Å². The lowest BCUT2D eigenvalue weighted by Gasteiger charge is -2.19. The van der Waals surface area contributed by atoms with Crippen molar-refractivity contribution in [2.45, 2.75) is 33.1 Å². The summed E-state index contributed by atoms with van der Waals surface area (Å²) in [5, 5.41) is 4.98. The molecular formula is C18H18N2O2S2. The zero-order chi connectivity index (χ0) is 17.5. The second-order valence-electron chi connectivity index (χ2n) is 6.68. The van der Waals surface area contributed by atoms with Gasteiger partial charge in [-0.25, -0.2) is 4.98 Å². The Balaban J connectivity index is 1.87. The molecular weight excluding hydrogens is 340 g/mol. The highest BCUT2D eigenvalue weighted by Crippen LogP contribution is 2.25. The molecule has 24 heavy (non-hydrogen) atoms. The summed E-state index contributed by atoms with van der Waals surface area (Å²) in [5.74, 6) is -0.258. The summed E-state index contributed by atoms with van der Waals surface area (Å²) in [6.45, 7) is 8.29. The van der Waals surface area contributed by atoms with Gasteiger partial charge in [-0.3, -0.25) is 14.9 Å². The first kappa shape index (κ1) is 16.8. The van der Waals surface area contributed by atoms with E-state index in [4.69, 9.17) is 0 Å². The molecule has 0 aliphatic rings. The summed E-state index contributed by atoms with van der Waals surface area (Å²) < 4.78 is 0.571. The second kappa shape index (κ2) is 6.11. The van der Waals surface area contributed by atoms with Crippen molar-refractivity contribution in [1.82, 2.24) is 4.98 Å². The number of carbonyl (C=O) groups excluding carboxylic acids is 1. The van der Waals surface area contributed by atoms with Crippen LogP contribution in [0.3, 0.4) is 0 Å². The maximum atomic E-state index is 12.4. The molecule has 0 aliphatic heterocycles. The Morgan fingerprint density at radius 2 is 1.83 bits per heavy atom. The van der Waals surface area contributed by atoms with E-state index in [1.165, 1.54) is 11.3 Å². The van der Waals surface area contributed by atoms with Crippen LogP contribution in [0.5, 0.6) is 0 Å². The van der Waals surface area contributed by atoms with Gasteiger partial charge in [0.2, 0.25) is 0 Å². The normalized spacial score (nSPS) is 11.7. The summed E-state index contributed by atoms with van der Waals surface area (Å²) in [6.07, 6.45) is 0. The van der Waals surface area contributed by atoms with Gasteiger partial charge in [0, 0.05) is 5.56 Å². The summed E-state index contributed by atoms with van der Waals surface area (Å²) in [5.41, 5.74) is 3.37. The van der Waals surface area contributed by atoms with Gasteiger partial charge in [-0.1, -0.05) is 44.2 Å². The van der Waals surface area contributed by atoms with Gasteiger partial charge in [-0.05, 0) is 41.0 Å². The largest absolute Gasteiger partial charge is 0.298 e. The van der Waals surface area contributed by atoms with Crippen LogP contribution in [-0.4, -0.2) is 10.9 Å². The van der Waals surface area contributed by atoms with Crippen molar-refractivity contribution in [2.75, 3.05) is 5.32 Å². The highest BCUT2D eigenvalue weighted by molar-refractivity contribution is 7.21. The molecule has 0 radical (unpaired) electrons. The molecule has 2 aromatic heterocycles. The summed E-state index contributed by atoms with van der Waals surface area (Å²) in [4.78, 5) is 28.9. The Morgan fingerprint density at radius 3 is 2.46 bits per heavy atom. The smallest absolute Gasteiger partial charge is 0.257 e. The SMILES string of the molecule is Cc1csc2c(=O)sc(NC(=O)c3ccc(C(C)(C)C)cc3)nc12. The third kappa shape index (κ3) is 3.25. The van der Waals surface area contributed by atoms with Crippen molar-refractivity contribution in [2.24, 2.45) is 0 Å². The van der Waals surface area contributed by atoms with Crippen LogP contribution in [0.2, 0.25) is 0 Å². The van der Waals surface area contributed by atoms with Gasteiger partial charge in [0.15, 0.2) is 5.13 Å². The highest BCUT2D eigenvalue weighted by atomic mass is 32.1. The number of aromatic nitrogens is 1. The molecule has 1 amide bonds. The van der Waals surface area contributed by atoms with Gasteiger partial charge >= 0.3 is 0 Å². The molecule has 3 rings (SSSR count). The van der Waals surface area contributed by atoms with Crippen molar-refractivity contribution in [1.29, 1.82) is 0 Å². The van der Waals surface area contributed by atoms with E-state index in [1.54, 1.807) is 12.1 Å². The molecule has 0 aliphatic carbocycles. The molecule has 4 nitrogen and oxygen atoms in total. The predicted octanol–water partition coefficient (Wildman–Crippen LogP) is 4.58. The minimum absolute atomic E-state index is 0.0393. The van der Waals surface area contributed by atoms with Crippen LogP contribution in [-0.2, 0) is 5.41 Å². The number of rotatable bonds is 2. The van der Waals surface area contributed by atoms with Crippen LogP contribution < -0.4 is 10.1 Å².